The fourth-order valence-corrected chi connectivity index (χ4v) is 1.54. The molecule has 0 aliphatic heterocycles. The smallest absolute Gasteiger partial charge is 0.257 e. The molecule has 94 valence electrons. The molecule has 0 saturated carbocycles. The number of anilines is 1. The Bertz CT molecular complexity index is 555. The van der Waals surface area contributed by atoms with Crippen molar-refractivity contribution in [3.05, 3.63) is 41.6 Å². The number of halogens is 1. The van der Waals surface area contributed by atoms with Gasteiger partial charge in [-0.15, -0.1) is 0 Å². The number of nitrogen functional groups attached to an aromatic ring is 1. The number of nitrogens with one attached hydrogen (secondary N) is 1. The van der Waals surface area contributed by atoms with Gasteiger partial charge in [0.25, 0.3) is 5.91 Å². The lowest BCUT2D eigenvalue weighted by Crippen LogP contribution is -2.27. The van der Waals surface area contributed by atoms with Gasteiger partial charge < -0.3 is 10.6 Å². The average Bonchev–Trinajstić information content (AvgIpc) is 2.84. The van der Waals surface area contributed by atoms with E-state index < -0.39 is 11.7 Å². The van der Waals surface area contributed by atoms with Crippen molar-refractivity contribution in [2.45, 2.75) is 6.54 Å². The average molecular weight is 249 g/mol. The van der Waals surface area contributed by atoms with Crippen LogP contribution in [0.4, 0.5) is 10.2 Å². The molecule has 2 heterocycles. The predicted molar refractivity (Wildman–Crippen MR) is 63.0 cm³/mol. The summed E-state index contributed by atoms with van der Waals surface area (Å²) in [4.78, 5) is 17.0. The summed E-state index contributed by atoms with van der Waals surface area (Å²) in [5.74, 6) is -1.53. The summed E-state index contributed by atoms with van der Waals surface area (Å²) in [6.45, 7) is 0.330. The van der Waals surface area contributed by atoms with Crippen molar-refractivity contribution in [3.63, 3.8) is 0 Å². The Morgan fingerprint density at radius 3 is 3.06 bits per heavy atom. The van der Waals surface area contributed by atoms with Crippen LogP contribution in [0.2, 0.25) is 0 Å². The number of carbonyl (C=O) groups is 1. The van der Waals surface area contributed by atoms with E-state index in [1.807, 2.05) is 0 Å². The standard InChI is InChI=1S/C11H12FN5O/c1-17(6-7-4-15-16-5-7)11(18)8-2-3-14-10(13)9(8)12/h2-5H,6H2,1H3,(H2,13,14)(H,15,16). The van der Waals surface area contributed by atoms with Crippen LogP contribution in [0.1, 0.15) is 15.9 Å². The van der Waals surface area contributed by atoms with Crippen LogP contribution in [-0.4, -0.2) is 33.0 Å². The highest BCUT2D eigenvalue weighted by atomic mass is 19.1. The van der Waals surface area contributed by atoms with E-state index in [1.54, 1.807) is 19.4 Å². The molecule has 0 saturated heterocycles. The third-order valence-corrected chi connectivity index (χ3v) is 2.47. The highest BCUT2D eigenvalue weighted by Crippen LogP contribution is 2.14. The fourth-order valence-electron chi connectivity index (χ4n) is 1.54. The second-order valence-electron chi connectivity index (χ2n) is 3.83. The number of aromatic amines is 1. The largest absolute Gasteiger partial charge is 0.381 e. The van der Waals surface area contributed by atoms with Crippen molar-refractivity contribution in [1.82, 2.24) is 20.1 Å². The normalized spacial score (nSPS) is 10.3. The summed E-state index contributed by atoms with van der Waals surface area (Å²) in [5.41, 5.74) is 6.06. The molecule has 18 heavy (non-hydrogen) atoms. The van der Waals surface area contributed by atoms with Gasteiger partial charge in [-0.2, -0.15) is 5.10 Å². The number of hydrogen-bond acceptors (Lipinski definition) is 4. The van der Waals surface area contributed by atoms with E-state index in [-0.39, 0.29) is 11.4 Å². The third kappa shape index (κ3) is 2.29. The molecule has 0 aromatic carbocycles. The minimum absolute atomic E-state index is 0.0894. The molecule has 7 heteroatoms. The zero-order valence-electron chi connectivity index (χ0n) is 9.72. The van der Waals surface area contributed by atoms with Crippen LogP contribution in [0.15, 0.2) is 24.7 Å². The van der Waals surface area contributed by atoms with Crippen LogP contribution in [0.5, 0.6) is 0 Å². The Hall–Kier alpha value is -2.44. The molecule has 0 fully saturated rings. The lowest BCUT2D eigenvalue weighted by atomic mass is 10.2. The Balaban J connectivity index is 2.18. The summed E-state index contributed by atoms with van der Waals surface area (Å²) in [7, 11) is 1.57. The molecule has 0 spiro atoms. The molecule has 0 bridgehead atoms. The van der Waals surface area contributed by atoms with Crippen molar-refractivity contribution in [2.24, 2.45) is 0 Å². The first-order chi connectivity index (χ1) is 8.59. The molecule has 2 aromatic rings. The SMILES string of the molecule is CN(Cc1cn[nH]c1)C(=O)c1ccnc(N)c1F. The van der Waals surface area contributed by atoms with Crippen molar-refractivity contribution >= 4 is 11.7 Å². The minimum atomic E-state index is -0.790. The quantitative estimate of drug-likeness (QED) is 0.842. The van der Waals surface area contributed by atoms with E-state index in [9.17, 15) is 9.18 Å². The van der Waals surface area contributed by atoms with Crippen LogP contribution in [0.25, 0.3) is 0 Å². The Labute approximate surface area is 103 Å². The maximum absolute atomic E-state index is 13.6. The zero-order valence-corrected chi connectivity index (χ0v) is 9.72. The van der Waals surface area contributed by atoms with Gasteiger partial charge in [-0.25, -0.2) is 9.37 Å². The number of nitrogens with zero attached hydrogens (tertiary/aromatic N) is 3. The van der Waals surface area contributed by atoms with Gasteiger partial charge in [0.15, 0.2) is 11.6 Å². The highest BCUT2D eigenvalue weighted by molar-refractivity contribution is 5.94. The highest BCUT2D eigenvalue weighted by Gasteiger charge is 2.18. The van der Waals surface area contributed by atoms with Crippen molar-refractivity contribution < 1.29 is 9.18 Å². The van der Waals surface area contributed by atoms with Gasteiger partial charge in [0.2, 0.25) is 0 Å². The molecule has 0 aliphatic carbocycles. The summed E-state index contributed by atoms with van der Waals surface area (Å²) < 4.78 is 13.6. The summed E-state index contributed by atoms with van der Waals surface area (Å²) in [5, 5.41) is 6.41. The van der Waals surface area contributed by atoms with Crippen molar-refractivity contribution in [3.8, 4) is 0 Å². The van der Waals surface area contributed by atoms with E-state index in [1.165, 1.54) is 17.2 Å². The number of rotatable bonds is 3. The number of amides is 1. The Morgan fingerprint density at radius 2 is 2.39 bits per heavy atom. The third-order valence-electron chi connectivity index (χ3n) is 2.47. The second-order valence-corrected chi connectivity index (χ2v) is 3.83. The van der Waals surface area contributed by atoms with Crippen LogP contribution >= 0.6 is 0 Å². The maximum Gasteiger partial charge on any atom is 0.257 e. The topological polar surface area (TPSA) is 87.9 Å². The minimum Gasteiger partial charge on any atom is -0.381 e. The Kier molecular flexibility index (Phi) is 3.22. The van der Waals surface area contributed by atoms with Gasteiger partial charge in [-0.3, -0.25) is 9.89 Å². The second kappa shape index (κ2) is 4.82. The number of H-pyrrole nitrogens is 1. The summed E-state index contributed by atoms with van der Waals surface area (Å²) >= 11 is 0. The van der Waals surface area contributed by atoms with Gasteiger partial charge >= 0.3 is 0 Å². The van der Waals surface area contributed by atoms with Crippen LogP contribution in [0.3, 0.4) is 0 Å². The van der Waals surface area contributed by atoms with Crippen LogP contribution < -0.4 is 5.73 Å². The van der Waals surface area contributed by atoms with Gasteiger partial charge in [0, 0.05) is 31.5 Å². The van der Waals surface area contributed by atoms with Gasteiger partial charge in [-0.05, 0) is 6.07 Å². The number of hydrogen-bond donors (Lipinski definition) is 2. The molecule has 1 amide bonds. The molecule has 2 aromatic heterocycles. The lowest BCUT2D eigenvalue weighted by molar-refractivity contribution is 0.0780. The van der Waals surface area contributed by atoms with E-state index in [4.69, 9.17) is 5.73 Å². The van der Waals surface area contributed by atoms with Gasteiger partial charge in [0.05, 0.1) is 11.8 Å². The first-order valence-corrected chi connectivity index (χ1v) is 5.22. The first kappa shape index (κ1) is 12.0. The number of pyridine rings is 1. The fraction of sp³-hybridized carbons (Fsp3) is 0.182. The molecule has 0 aliphatic rings. The number of nitrogens with two attached hydrogens (primary N) is 1. The number of aromatic nitrogens is 3. The molecule has 0 atom stereocenters. The van der Waals surface area contributed by atoms with Crippen LogP contribution in [-0.2, 0) is 6.54 Å². The first-order valence-electron chi connectivity index (χ1n) is 5.22. The van der Waals surface area contributed by atoms with E-state index in [0.29, 0.717) is 6.54 Å². The summed E-state index contributed by atoms with van der Waals surface area (Å²) in [6.07, 6.45) is 4.57. The van der Waals surface area contributed by atoms with Crippen molar-refractivity contribution in [1.29, 1.82) is 0 Å². The van der Waals surface area contributed by atoms with Crippen LogP contribution in [0, 0.1) is 5.82 Å². The molecule has 0 unspecified atom stereocenters. The lowest BCUT2D eigenvalue weighted by Gasteiger charge is -2.16. The Morgan fingerprint density at radius 1 is 1.61 bits per heavy atom. The van der Waals surface area contributed by atoms with E-state index >= 15 is 0 Å². The molecule has 0 radical (unpaired) electrons. The van der Waals surface area contributed by atoms with Gasteiger partial charge in [-0.1, -0.05) is 0 Å². The van der Waals surface area contributed by atoms with Crippen molar-refractivity contribution in [2.75, 3.05) is 12.8 Å². The summed E-state index contributed by atoms with van der Waals surface area (Å²) in [6, 6.07) is 1.31. The number of carbonyl (C=O) groups excluding carboxylic acids is 1. The maximum atomic E-state index is 13.6. The molecular formula is C11H12FN5O. The van der Waals surface area contributed by atoms with E-state index in [2.05, 4.69) is 15.2 Å². The molecular weight excluding hydrogens is 237 g/mol. The zero-order chi connectivity index (χ0) is 13.1. The molecule has 6 nitrogen and oxygen atoms in total. The van der Waals surface area contributed by atoms with E-state index in [0.717, 1.165) is 5.56 Å². The predicted octanol–water partition coefficient (Wildman–Crippen LogP) is 0.798. The van der Waals surface area contributed by atoms with Gasteiger partial charge in [0.1, 0.15) is 0 Å². The molecule has 2 rings (SSSR count). The monoisotopic (exact) mass is 249 g/mol. The molecule has 3 N–H and O–H groups in total.